The van der Waals surface area contributed by atoms with Crippen LogP contribution >= 0.6 is 0 Å². The minimum absolute atomic E-state index is 0.0123. The van der Waals surface area contributed by atoms with Crippen LogP contribution in [-0.2, 0) is 12.7 Å². The molecule has 2 N–H and O–H groups in total. The van der Waals surface area contributed by atoms with Crippen molar-refractivity contribution in [2.45, 2.75) is 19.6 Å². The molecule has 10 heteroatoms. The molecule has 0 bridgehead atoms. The van der Waals surface area contributed by atoms with Crippen molar-refractivity contribution in [3.8, 4) is 5.69 Å². The Hall–Kier alpha value is -3.95. The van der Waals surface area contributed by atoms with E-state index < -0.39 is 28.8 Å². The highest BCUT2D eigenvalue weighted by Gasteiger charge is 2.34. The molecule has 4 rings (SSSR count). The molecule has 0 unspecified atom stereocenters. The molecule has 4 aromatic rings. The number of carbonyl (C=O) groups excluding carboxylic acids is 1. The highest BCUT2D eigenvalue weighted by atomic mass is 19.4. The third-order valence-electron chi connectivity index (χ3n) is 4.61. The number of halogens is 3. The number of hydrogen-bond donors (Lipinski definition) is 2. The summed E-state index contributed by atoms with van der Waals surface area (Å²) >= 11 is 0. The lowest BCUT2D eigenvalue weighted by Gasteiger charge is -2.16. The molecule has 158 valence electrons. The predicted molar refractivity (Wildman–Crippen MR) is 107 cm³/mol. The molecule has 0 aliphatic heterocycles. The molecule has 2 aromatic carbocycles. The molecule has 0 radical (unpaired) electrons. The first kappa shape index (κ1) is 20.3. The van der Waals surface area contributed by atoms with Gasteiger partial charge in [0.05, 0.1) is 28.8 Å². The van der Waals surface area contributed by atoms with Crippen molar-refractivity contribution in [1.29, 1.82) is 0 Å². The second kappa shape index (κ2) is 7.71. The molecule has 31 heavy (non-hydrogen) atoms. The van der Waals surface area contributed by atoms with Crippen LogP contribution in [0, 0.1) is 6.92 Å². The van der Waals surface area contributed by atoms with Gasteiger partial charge >= 0.3 is 6.18 Å². The molecule has 2 heterocycles. The summed E-state index contributed by atoms with van der Waals surface area (Å²) in [6, 6.07) is 13.2. The van der Waals surface area contributed by atoms with E-state index in [1.54, 1.807) is 6.07 Å². The van der Waals surface area contributed by atoms with E-state index in [0.717, 1.165) is 22.3 Å². The number of fused-ring (bicyclic) bond motifs is 1. The fourth-order valence-corrected chi connectivity index (χ4v) is 3.18. The number of alkyl halides is 3. The summed E-state index contributed by atoms with van der Waals surface area (Å²) in [5, 5.41) is 6.46. The van der Waals surface area contributed by atoms with Crippen LogP contribution in [0.3, 0.4) is 0 Å². The molecule has 0 aliphatic rings. The lowest BCUT2D eigenvalue weighted by atomic mass is 10.1. The molecule has 0 saturated carbocycles. The number of nitrogens with zero attached hydrogens (tertiary/aromatic N) is 3. The van der Waals surface area contributed by atoms with Crippen LogP contribution in [0.4, 0.5) is 13.2 Å². The van der Waals surface area contributed by atoms with E-state index in [2.05, 4.69) is 20.4 Å². The Morgan fingerprint density at radius 2 is 1.84 bits per heavy atom. The van der Waals surface area contributed by atoms with Crippen molar-refractivity contribution in [3.63, 3.8) is 0 Å². The van der Waals surface area contributed by atoms with Crippen molar-refractivity contribution in [2.75, 3.05) is 0 Å². The third-order valence-corrected chi connectivity index (χ3v) is 4.61. The van der Waals surface area contributed by atoms with Crippen LogP contribution in [0.2, 0.25) is 0 Å². The van der Waals surface area contributed by atoms with Crippen molar-refractivity contribution in [2.24, 2.45) is 0 Å². The average molecular weight is 427 g/mol. The Morgan fingerprint density at radius 3 is 2.58 bits per heavy atom. The number of amides is 1. The summed E-state index contributed by atoms with van der Waals surface area (Å²) in [5.41, 5.74) is -0.756. The quantitative estimate of drug-likeness (QED) is 0.522. The number of imidazole rings is 1. The summed E-state index contributed by atoms with van der Waals surface area (Å²) < 4.78 is 41.2. The normalized spacial score (nSPS) is 11.6. The van der Waals surface area contributed by atoms with E-state index in [1.165, 1.54) is 25.1 Å². The zero-order valence-corrected chi connectivity index (χ0v) is 16.2. The van der Waals surface area contributed by atoms with Crippen LogP contribution in [0.25, 0.3) is 16.7 Å². The summed E-state index contributed by atoms with van der Waals surface area (Å²) in [5.74, 6) is -0.354. The monoisotopic (exact) mass is 427 g/mol. The van der Waals surface area contributed by atoms with Crippen LogP contribution in [-0.4, -0.2) is 25.7 Å². The number of aromatic amines is 1. The molecule has 0 spiro atoms. The zero-order chi connectivity index (χ0) is 22.2. The molecular weight excluding hydrogens is 411 g/mol. The summed E-state index contributed by atoms with van der Waals surface area (Å²) in [7, 11) is 0. The van der Waals surface area contributed by atoms with Gasteiger partial charge < -0.3 is 10.3 Å². The highest BCUT2D eigenvalue weighted by molar-refractivity contribution is 5.92. The Kier molecular flexibility index (Phi) is 5.05. The van der Waals surface area contributed by atoms with E-state index in [9.17, 15) is 22.8 Å². The van der Waals surface area contributed by atoms with E-state index in [0.29, 0.717) is 11.3 Å². The predicted octanol–water partition coefficient (Wildman–Crippen LogP) is 3.37. The first-order valence-electron chi connectivity index (χ1n) is 9.23. The van der Waals surface area contributed by atoms with Gasteiger partial charge in [-0.15, -0.1) is 0 Å². The number of benzene rings is 2. The van der Waals surface area contributed by atoms with Crippen molar-refractivity contribution in [3.05, 3.63) is 87.6 Å². The fraction of sp³-hybridized carbons (Fsp3) is 0.143. The van der Waals surface area contributed by atoms with Gasteiger partial charge in [-0.25, -0.2) is 9.67 Å². The summed E-state index contributed by atoms with van der Waals surface area (Å²) in [6.45, 7) is 1.43. The van der Waals surface area contributed by atoms with E-state index in [1.807, 2.05) is 18.2 Å². The van der Waals surface area contributed by atoms with E-state index in [-0.39, 0.29) is 17.9 Å². The van der Waals surface area contributed by atoms with Gasteiger partial charge in [0.1, 0.15) is 5.82 Å². The summed E-state index contributed by atoms with van der Waals surface area (Å²) in [6.07, 6.45) is -4.63. The first-order chi connectivity index (χ1) is 14.7. The van der Waals surface area contributed by atoms with Gasteiger partial charge in [-0.1, -0.05) is 24.3 Å². The minimum atomic E-state index is -4.63. The van der Waals surface area contributed by atoms with Crippen LogP contribution in [0.5, 0.6) is 0 Å². The number of rotatable bonds is 4. The first-order valence-corrected chi connectivity index (χ1v) is 9.23. The van der Waals surface area contributed by atoms with E-state index in [4.69, 9.17) is 0 Å². The van der Waals surface area contributed by atoms with E-state index >= 15 is 0 Å². The Balaban J connectivity index is 1.65. The maximum Gasteiger partial charge on any atom is 0.418 e. The zero-order valence-electron chi connectivity index (χ0n) is 16.2. The highest BCUT2D eigenvalue weighted by Crippen LogP contribution is 2.33. The number of aromatic nitrogens is 4. The average Bonchev–Trinajstić information content (AvgIpc) is 3.14. The van der Waals surface area contributed by atoms with Gasteiger partial charge in [0, 0.05) is 11.8 Å². The number of aryl methyl sites for hydroxylation is 1. The SMILES string of the molecule is Cc1cc(=O)c(C(=O)NCc2nc3ccccc3[nH]2)nn1-c1ccccc1C(F)(F)F. The molecule has 0 atom stereocenters. The van der Waals surface area contributed by atoms with Gasteiger partial charge in [-0.05, 0) is 31.2 Å². The molecule has 0 saturated heterocycles. The Bertz CT molecular complexity index is 1310. The molecule has 0 fully saturated rings. The minimum Gasteiger partial charge on any atom is -0.343 e. The van der Waals surface area contributed by atoms with Gasteiger partial charge in [-0.2, -0.15) is 18.3 Å². The molecule has 0 aliphatic carbocycles. The molecule has 2 aromatic heterocycles. The lowest BCUT2D eigenvalue weighted by Crippen LogP contribution is -2.32. The van der Waals surface area contributed by atoms with Gasteiger partial charge in [-0.3, -0.25) is 9.59 Å². The van der Waals surface area contributed by atoms with Gasteiger partial charge in [0.2, 0.25) is 5.43 Å². The maximum absolute atomic E-state index is 13.4. The maximum atomic E-state index is 13.4. The lowest BCUT2D eigenvalue weighted by molar-refractivity contribution is -0.137. The van der Waals surface area contributed by atoms with Crippen LogP contribution in [0.1, 0.15) is 27.6 Å². The summed E-state index contributed by atoms with van der Waals surface area (Å²) in [4.78, 5) is 32.2. The molecule has 1 amide bonds. The number of para-hydroxylation sites is 3. The number of nitrogens with one attached hydrogen (secondary N) is 2. The number of H-pyrrole nitrogens is 1. The molecular formula is C21H16F3N5O2. The van der Waals surface area contributed by atoms with Crippen molar-refractivity contribution in [1.82, 2.24) is 25.1 Å². The second-order valence-electron chi connectivity index (χ2n) is 6.81. The fourth-order valence-electron chi connectivity index (χ4n) is 3.18. The second-order valence-corrected chi connectivity index (χ2v) is 6.81. The standard InChI is InChI=1S/C21H16F3N5O2/c1-12-10-17(30)19(28-29(12)16-9-5-2-6-13(16)21(22,23)24)20(31)25-11-18-26-14-7-3-4-8-15(14)27-18/h2-10H,11H2,1H3,(H,25,31)(H,26,27). The molecule has 7 nitrogen and oxygen atoms in total. The van der Waals surface area contributed by atoms with Crippen LogP contribution < -0.4 is 10.7 Å². The topological polar surface area (TPSA) is 92.7 Å². The Labute approximate surface area is 173 Å². The van der Waals surface area contributed by atoms with Crippen molar-refractivity contribution >= 4 is 16.9 Å². The number of hydrogen-bond acceptors (Lipinski definition) is 4. The van der Waals surface area contributed by atoms with Crippen LogP contribution in [0.15, 0.2) is 59.4 Å². The van der Waals surface area contributed by atoms with Crippen molar-refractivity contribution < 1.29 is 18.0 Å². The number of carbonyl (C=O) groups is 1. The van der Waals surface area contributed by atoms with Gasteiger partial charge in [0.25, 0.3) is 5.91 Å². The largest absolute Gasteiger partial charge is 0.418 e. The third kappa shape index (κ3) is 4.04. The van der Waals surface area contributed by atoms with Gasteiger partial charge in [0.15, 0.2) is 5.69 Å². The Morgan fingerprint density at radius 1 is 1.13 bits per heavy atom. The smallest absolute Gasteiger partial charge is 0.343 e.